The molecule has 0 bridgehead atoms. The van der Waals surface area contributed by atoms with Gasteiger partial charge in [-0.3, -0.25) is 14.5 Å². The quantitative estimate of drug-likeness (QED) is 0.305. The molecule has 0 spiro atoms. The van der Waals surface area contributed by atoms with Gasteiger partial charge in [0.2, 0.25) is 5.91 Å². The summed E-state index contributed by atoms with van der Waals surface area (Å²) in [5.74, 6) is -0.239. The first kappa shape index (κ1) is 31.6. The third-order valence-electron chi connectivity index (χ3n) is 8.67. The van der Waals surface area contributed by atoms with Crippen molar-refractivity contribution in [1.29, 1.82) is 0 Å². The molecule has 11 nitrogen and oxygen atoms in total. The van der Waals surface area contributed by atoms with Crippen LogP contribution in [0.1, 0.15) is 37.8 Å². The highest BCUT2D eigenvalue weighted by atomic mass is 19.1. The average Bonchev–Trinajstić information content (AvgIpc) is 3.55. The summed E-state index contributed by atoms with van der Waals surface area (Å²) in [6.07, 6.45) is 5.37. The summed E-state index contributed by atoms with van der Waals surface area (Å²) in [6.45, 7) is 10.4. The van der Waals surface area contributed by atoms with Crippen molar-refractivity contribution in [2.45, 2.75) is 44.4 Å². The zero-order valence-corrected chi connectivity index (χ0v) is 26.0. The molecule has 2 atom stereocenters. The molecule has 0 aliphatic carbocycles. The van der Waals surface area contributed by atoms with Gasteiger partial charge >= 0.3 is 0 Å². The molecule has 0 radical (unpaired) electrons. The number of nitrogens with zero attached hydrogens (tertiary/aromatic N) is 5. The van der Waals surface area contributed by atoms with Crippen molar-refractivity contribution in [3.05, 3.63) is 72.6 Å². The summed E-state index contributed by atoms with van der Waals surface area (Å²) in [6, 6.07) is 8.91. The molecule has 3 aliphatic heterocycles. The van der Waals surface area contributed by atoms with Gasteiger partial charge in [0.15, 0.2) is 5.82 Å². The number of methoxy groups -OCH3 is 1. The van der Waals surface area contributed by atoms with E-state index in [1.54, 1.807) is 18.2 Å². The molecule has 0 unspecified atom stereocenters. The van der Waals surface area contributed by atoms with E-state index in [0.29, 0.717) is 53.4 Å². The van der Waals surface area contributed by atoms with Gasteiger partial charge in [0.05, 0.1) is 49.5 Å². The molecule has 4 heterocycles. The zero-order chi connectivity index (χ0) is 32.2. The van der Waals surface area contributed by atoms with E-state index in [2.05, 4.69) is 43.9 Å². The molecule has 3 aromatic rings. The predicted octanol–water partition coefficient (Wildman–Crippen LogP) is 5.20. The fraction of sp³-hybridized carbons (Fsp3) is 0.424. The fourth-order valence-corrected chi connectivity index (χ4v) is 6.47. The number of carbonyl (C=O) groups excluding carboxylic acids is 1. The highest BCUT2D eigenvalue weighted by Crippen LogP contribution is 2.41. The van der Waals surface area contributed by atoms with Crippen LogP contribution in [0.25, 0.3) is 0 Å². The van der Waals surface area contributed by atoms with Crippen LogP contribution in [0.15, 0.2) is 55.4 Å². The number of anilines is 5. The van der Waals surface area contributed by atoms with Gasteiger partial charge in [-0.05, 0) is 49.6 Å². The second-order valence-electron chi connectivity index (χ2n) is 11.7. The number of benzene rings is 2. The van der Waals surface area contributed by atoms with E-state index in [0.717, 1.165) is 57.4 Å². The smallest absolute Gasteiger partial charge is 0.247 e. The number of nitrogens with one attached hydrogen (secondary N) is 2. The van der Waals surface area contributed by atoms with Crippen molar-refractivity contribution in [1.82, 2.24) is 14.9 Å². The number of hydrogen-bond acceptors (Lipinski definition) is 10. The second kappa shape index (κ2) is 14.0. The first-order valence-corrected chi connectivity index (χ1v) is 15.5. The molecular formula is C33H39F2N7O4. The monoisotopic (exact) mass is 635 g/mol. The van der Waals surface area contributed by atoms with Crippen LogP contribution in [0, 0.1) is 11.6 Å². The predicted molar refractivity (Wildman–Crippen MR) is 172 cm³/mol. The maximum absolute atomic E-state index is 14.0. The van der Waals surface area contributed by atoms with Crippen molar-refractivity contribution < 1.29 is 27.9 Å². The lowest BCUT2D eigenvalue weighted by Crippen LogP contribution is -2.51. The number of aromatic nitrogens is 2. The van der Waals surface area contributed by atoms with Gasteiger partial charge < -0.3 is 25.0 Å². The number of rotatable bonds is 9. The van der Waals surface area contributed by atoms with Gasteiger partial charge in [0, 0.05) is 56.8 Å². The summed E-state index contributed by atoms with van der Waals surface area (Å²) in [7, 11) is 1.59. The maximum Gasteiger partial charge on any atom is 0.247 e. The Morgan fingerprint density at radius 1 is 1.02 bits per heavy atom. The van der Waals surface area contributed by atoms with Crippen molar-refractivity contribution in [3.63, 3.8) is 0 Å². The Hall–Kier alpha value is -4.33. The molecular weight excluding hydrogens is 596 g/mol. The van der Waals surface area contributed by atoms with Crippen molar-refractivity contribution in [2.75, 3.05) is 67.1 Å². The Balaban J connectivity index is 1.23. The minimum atomic E-state index is -0.655. The van der Waals surface area contributed by atoms with E-state index in [1.165, 1.54) is 24.5 Å². The third-order valence-corrected chi connectivity index (χ3v) is 8.67. The topological polar surface area (TPSA) is 104 Å². The Labute approximate surface area is 267 Å². The van der Waals surface area contributed by atoms with E-state index in [1.807, 2.05) is 12.1 Å². The van der Waals surface area contributed by atoms with E-state index in [9.17, 15) is 13.6 Å². The summed E-state index contributed by atoms with van der Waals surface area (Å²) in [5.41, 5.74) is 2.48. The largest absolute Gasteiger partial charge is 0.494 e. The zero-order valence-electron chi connectivity index (χ0n) is 26.0. The summed E-state index contributed by atoms with van der Waals surface area (Å²) in [5, 5.41) is 7.78. The fourth-order valence-electron chi connectivity index (χ4n) is 6.47. The Morgan fingerprint density at radius 2 is 1.80 bits per heavy atom. The van der Waals surface area contributed by atoms with Crippen LogP contribution in [0.4, 0.5) is 37.5 Å². The van der Waals surface area contributed by atoms with Gasteiger partial charge in [0.25, 0.3) is 0 Å². The molecule has 244 valence electrons. The van der Waals surface area contributed by atoms with Crippen LogP contribution >= 0.6 is 0 Å². The molecule has 46 heavy (non-hydrogen) atoms. The SMILES string of the molecule is C=CC(=O)Nc1cc(Nc2cc(N3OCC[C@@H]3c3cc(F)cc(F)c3)ncn2)c(OC)cc1N1CCC(N2CCO[C@@H](C)C2)CC1. The first-order valence-electron chi connectivity index (χ1n) is 15.5. The average molecular weight is 636 g/mol. The van der Waals surface area contributed by atoms with Crippen LogP contribution < -0.4 is 25.3 Å². The molecule has 1 aromatic heterocycles. The number of ether oxygens (including phenoxy) is 2. The number of halogens is 2. The van der Waals surface area contributed by atoms with Crippen molar-refractivity contribution in [2.24, 2.45) is 0 Å². The number of carbonyl (C=O) groups is 1. The summed E-state index contributed by atoms with van der Waals surface area (Å²) >= 11 is 0. The minimum Gasteiger partial charge on any atom is -0.494 e. The molecule has 3 saturated heterocycles. The van der Waals surface area contributed by atoms with E-state index in [4.69, 9.17) is 14.3 Å². The molecule has 3 aliphatic rings. The lowest BCUT2D eigenvalue weighted by Gasteiger charge is -2.42. The van der Waals surface area contributed by atoms with Crippen molar-refractivity contribution in [3.8, 4) is 5.75 Å². The minimum absolute atomic E-state index is 0.241. The molecule has 13 heteroatoms. The molecule has 2 N–H and O–H groups in total. The Morgan fingerprint density at radius 3 is 2.52 bits per heavy atom. The van der Waals surface area contributed by atoms with E-state index >= 15 is 0 Å². The van der Waals surface area contributed by atoms with Crippen LogP contribution in [0.5, 0.6) is 5.75 Å². The van der Waals surface area contributed by atoms with Gasteiger partial charge in [-0.25, -0.2) is 23.8 Å². The van der Waals surface area contributed by atoms with Gasteiger partial charge in [-0.1, -0.05) is 6.58 Å². The van der Waals surface area contributed by atoms with Crippen molar-refractivity contribution >= 4 is 34.6 Å². The van der Waals surface area contributed by atoms with Gasteiger partial charge in [-0.2, -0.15) is 0 Å². The van der Waals surface area contributed by atoms with Gasteiger partial charge in [0.1, 0.15) is 29.5 Å². The van der Waals surface area contributed by atoms with E-state index < -0.39 is 17.7 Å². The number of amides is 1. The number of hydrogen-bond donors (Lipinski definition) is 2. The number of morpholine rings is 1. The number of hydroxylamine groups is 1. The highest BCUT2D eigenvalue weighted by Gasteiger charge is 2.31. The van der Waals surface area contributed by atoms with Crippen LogP contribution in [-0.4, -0.2) is 79.4 Å². The third kappa shape index (κ3) is 7.06. The highest BCUT2D eigenvalue weighted by molar-refractivity contribution is 6.02. The molecule has 0 saturated carbocycles. The standard InChI is InChI=1S/C33H39F2N7O4/c1-4-33(43)39-26-16-27(30(44-3)17-29(26)40-8-5-25(6-9-40)41-10-12-45-21(2)19-41)38-31-18-32(37-20-36-31)42-28(7-11-46-42)22-13-23(34)15-24(35)14-22/h4,13-18,20-21,25,28H,1,5-12,19H2,2-3H3,(H,39,43)(H,36,37,38)/t21-,28+/m0/s1. The molecule has 2 aromatic carbocycles. The Bertz CT molecular complexity index is 1550. The normalized spacial score (nSPS) is 20.9. The van der Waals surface area contributed by atoms with E-state index in [-0.39, 0.29) is 12.0 Å². The summed E-state index contributed by atoms with van der Waals surface area (Å²) < 4.78 is 39.5. The molecule has 1 amide bonds. The summed E-state index contributed by atoms with van der Waals surface area (Å²) in [4.78, 5) is 31.9. The van der Waals surface area contributed by atoms with Crippen LogP contribution in [0.2, 0.25) is 0 Å². The van der Waals surface area contributed by atoms with Crippen LogP contribution in [0.3, 0.4) is 0 Å². The molecule has 6 rings (SSSR count). The lowest BCUT2D eigenvalue weighted by molar-refractivity contribution is -0.111. The Kier molecular flexibility index (Phi) is 9.61. The van der Waals surface area contributed by atoms with Crippen LogP contribution in [-0.2, 0) is 14.4 Å². The molecule has 3 fully saturated rings. The maximum atomic E-state index is 14.0. The number of piperidine rings is 1. The first-order chi connectivity index (χ1) is 22.3. The van der Waals surface area contributed by atoms with Gasteiger partial charge in [-0.15, -0.1) is 0 Å². The second-order valence-corrected chi connectivity index (χ2v) is 11.7. The lowest BCUT2D eigenvalue weighted by atomic mass is 10.0.